The molecule has 3 aromatic rings. The third kappa shape index (κ3) is 3.11. The third-order valence-corrected chi connectivity index (χ3v) is 4.98. The van der Waals surface area contributed by atoms with Crippen molar-refractivity contribution in [2.24, 2.45) is 0 Å². The van der Waals surface area contributed by atoms with E-state index in [2.05, 4.69) is 9.97 Å². The number of nitrogen functional groups attached to an aromatic ring is 1. The van der Waals surface area contributed by atoms with Crippen molar-refractivity contribution in [3.63, 3.8) is 0 Å². The number of hydrogen-bond acceptors (Lipinski definition) is 8. The number of nitrogens with two attached hydrogens (primary N) is 1. The molecule has 0 radical (unpaired) electrons. The molecule has 6 N–H and O–H groups in total. The van der Waals surface area contributed by atoms with Crippen molar-refractivity contribution in [3.8, 4) is 0 Å². The molecule has 28 heavy (non-hydrogen) atoms. The average Bonchev–Trinajstić information content (AvgIpc) is 3.26. The number of benzene rings is 1. The SMILES string of the molecule is Nc1c2ncn([C@@H]3O[C@H](CO)[C@@H](O)[C@H]3O)c2nc[n+]1C[C@@H](O)c1ccccc1. The Morgan fingerprint density at radius 1 is 1.18 bits per heavy atom. The lowest BCUT2D eigenvalue weighted by molar-refractivity contribution is -0.692. The molecule has 2 aromatic heterocycles. The number of aromatic nitrogens is 4. The highest BCUT2D eigenvalue weighted by atomic mass is 16.6. The van der Waals surface area contributed by atoms with Gasteiger partial charge < -0.3 is 30.9 Å². The molecule has 1 aliphatic heterocycles. The van der Waals surface area contributed by atoms with Crippen LogP contribution in [0.1, 0.15) is 17.9 Å². The van der Waals surface area contributed by atoms with Crippen molar-refractivity contribution in [1.29, 1.82) is 0 Å². The molecule has 10 heteroatoms. The van der Waals surface area contributed by atoms with Crippen LogP contribution in [0.3, 0.4) is 0 Å². The smallest absolute Gasteiger partial charge is 0.250 e. The summed E-state index contributed by atoms with van der Waals surface area (Å²) in [5.74, 6) is 0.297. The van der Waals surface area contributed by atoms with E-state index in [4.69, 9.17) is 10.5 Å². The number of aliphatic hydroxyl groups excluding tert-OH is 4. The molecule has 10 nitrogen and oxygen atoms in total. The van der Waals surface area contributed by atoms with E-state index in [1.54, 1.807) is 4.57 Å². The quantitative estimate of drug-likeness (QED) is 0.337. The summed E-state index contributed by atoms with van der Waals surface area (Å²) < 4.78 is 8.58. The summed E-state index contributed by atoms with van der Waals surface area (Å²) in [6.45, 7) is -0.228. The van der Waals surface area contributed by atoms with Crippen LogP contribution in [0, 0.1) is 0 Å². The lowest BCUT2D eigenvalue weighted by atomic mass is 10.1. The fourth-order valence-corrected chi connectivity index (χ4v) is 3.39. The zero-order valence-corrected chi connectivity index (χ0v) is 14.9. The van der Waals surface area contributed by atoms with E-state index in [1.807, 2.05) is 30.3 Å². The van der Waals surface area contributed by atoms with Gasteiger partial charge in [-0.25, -0.2) is 9.55 Å². The van der Waals surface area contributed by atoms with Gasteiger partial charge in [0.05, 0.1) is 6.61 Å². The fourth-order valence-electron chi connectivity index (χ4n) is 3.39. The van der Waals surface area contributed by atoms with Crippen molar-refractivity contribution in [2.75, 3.05) is 12.3 Å². The topological polar surface area (TPSA) is 151 Å². The molecule has 0 amide bonds. The lowest BCUT2D eigenvalue weighted by Crippen LogP contribution is -2.40. The van der Waals surface area contributed by atoms with Crippen molar-refractivity contribution in [1.82, 2.24) is 14.5 Å². The Hall–Kier alpha value is -2.63. The summed E-state index contributed by atoms with van der Waals surface area (Å²) in [6.07, 6.45) is -2.20. The van der Waals surface area contributed by atoms with Crippen LogP contribution in [0.5, 0.6) is 0 Å². The Kier molecular flexibility index (Phi) is 4.96. The molecule has 0 spiro atoms. The Balaban J connectivity index is 1.63. The molecular weight excluding hydrogens is 366 g/mol. The van der Waals surface area contributed by atoms with Crippen molar-refractivity contribution >= 4 is 17.0 Å². The van der Waals surface area contributed by atoms with Crippen molar-refractivity contribution < 1.29 is 29.7 Å². The lowest BCUT2D eigenvalue weighted by Gasteiger charge is -2.15. The number of aliphatic hydroxyl groups is 4. The molecule has 0 bridgehead atoms. The number of ether oxygens (including phenoxy) is 1. The summed E-state index contributed by atoms with van der Waals surface area (Å²) >= 11 is 0. The maximum absolute atomic E-state index is 10.4. The van der Waals surface area contributed by atoms with Gasteiger partial charge in [-0.2, -0.15) is 0 Å². The third-order valence-electron chi connectivity index (χ3n) is 4.98. The van der Waals surface area contributed by atoms with E-state index in [-0.39, 0.29) is 6.54 Å². The predicted octanol–water partition coefficient (Wildman–Crippen LogP) is -1.35. The van der Waals surface area contributed by atoms with E-state index in [0.717, 1.165) is 5.56 Å². The molecular formula is C18H22N5O5+. The van der Waals surface area contributed by atoms with Gasteiger partial charge in [0.25, 0.3) is 5.82 Å². The Morgan fingerprint density at radius 2 is 1.93 bits per heavy atom. The number of imidazole rings is 1. The van der Waals surface area contributed by atoms with Gasteiger partial charge in [-0.3, -0.25) is 4.57 Å². The molecule has 3 heterocycles. The monoisotopic (exact) mass is 388 g/mol. The fraction of sp³-hybridized carbons (Fsp3) is 0.389. The Morgan fingerprint density at radius 3 is 2.61 bits per heavy atom. The van der Waals surface area contributed by atoms with Gasteiger partial charge in [-0.15, -0.1) is 0 Å². The minimum Gasteiger partial charge on any atom is -0.394 e. The van der Waals surface area contributed by atoms with Gasteiger partial charge in [0.15, 0.2) is 11.7 Å². The molecule has 5 atom stereocenters. The van der Waals surface area contributed by atoms with Gasteiger partial charge in [0.1, 0.15) is 37.3 Å². The standard InChI is InChI=1S/C18H21N5O5/c19-16-13-17(21-8-22(16)6-11(25)10-4-2-1-3-5-10)23(9-20-13)18-15(27)14(26)12(7-24)28-18/h1-5,8-9,11-12,14-15,18-19,24-27H,6-7H2/p+1/t11-,12-,14-,15-,18-/m1/s1. The summed E-state index contributed by atoms with van der Waals surface area (Å²) in [5, 5.41) is 39.9. The molecule has 4 rings (SSSR count). The molecule has 0 aliphatic carbocycles. The van der Waals surface area contributed by atoms with Crippen LogP contribution in [-0.4, -0.2) is 59.9 Å². The second-order valence-electron chi connectivity index (χ2n) is 6.76. The van der Waals surface area contributed by atoms with E-state index >= 15 is 0 Å². The molecule has 1 saturated heterocycles. The number of hydrogen-bond donors (Lipinski definition) is 5. The number of nitrogens with zero attached hydrogens (tertiary/aromatic N) is 4. The summed E-state index contributed by atoms with van der Waals surface area (Å²) in [4.78, 5) is 8.59. The highest BCUT2D eigenvalue weighted by molar-refractivity contribution is 5.79. The Labute approximate surface area is 160 Å². The highest BCUT2D eigenvalue weighted by Gasteiger charge is 2.44. The van der Waals surface area contributed by atoms with Crippen LogP contribution >= 0.6 is 0 Å². The molecule has 1 aliphatic rings. The number of fused-ring (bicyclic) bond motifs is 1. The first-order valence-corrected chi connectivity index (χ1v) is 8.87. The first-order chi connectivity index (χ1) is 13.5. The second-order valence-corrected chi connectivity index (χ2v) is 6.76. The summed E-state index contributed by atoms with van der Waals surface area (Å²) in [5.41, 5.74) is 7.71. The number of anilines is 1. The zero-order chi connectivity index (χ0) is 19.8. The van der Waals surface area contributed by atoms with Crippen molar-refractivity contribution in [2.45, 2.75) is 37.2 Å². The molecule has 0 saturated carbocycles. The average molecular weight is 388 g/mol. The van der Waals surface area contributed by atoms with Crippen LogP contribution in [0.4, 0.5) is 5.82 Å². The van der Waals surface area contributed by atoms with Crippen LogP contribution in [0.2, 0.25) is 0 Å². The van der Waals surface area contributed by atoms with E-state index < -0.39 is 37.3 Å². The normalized spacial score (nSPS) is 26.0. The van der Waals surface area contributed by atoms with Gasteiger partial charge in [0.2, 0.25) is 12.0 Å². The van der Waals surface area contributed by atoms with Gasteiger partial charge >= 0.3 is 0 Å². The largest absolute Gasteiger partial charge is 0.394 e. The molecule has 148 valence electrons. The van der Waals surface area contributed by atoms with Gasteiger partial charge in [-0.1, -0.05) is 35.3 Å². The van der Waals surface area contributed by atoms with Gasteiger partial charge in [0, 0.05) is 0 Å². The van der Waals surface area contributed by atoms with E-state index in [1.165, 1.54) is 17.2 Å². The summed E-state index contributed by atoms with van der Waals surface area (Å²) in [7, 11) is 0. The second kappa shape index (κ2) is 7.41. The van der Waals surface area contributed by atoms with E-state index in [0.29, 0.717) is 17.0 Å². The molecule has 0 unspecified atom stereocenters. The van der Waals surface area contributed by atoms with E-state index in [9.17, 15) is 20.4 Å². The maximum Gasteiger partial charge on any atom is 0.250 e. The predicted molar refractivity (Wildman–Crippen MR) is 96.5 cm³/mol. The number of rotatable bonds is 5. The van der Waals surface area contributed by atoms with Crippen LogP contribution in [0.15, 0.2) is 43.0 Å². The molecule has 1 aromatic carbocycles. The zero-order valence-electron chi connectivity index (χ0n) is 14.9. The van der Waals surface area contributed by atoms with Crippen LogP contribution < -0.4 is 10.3 Å². The first kappa shape index (κ1) is 18.7. The minimum atomic E-state index is -1.25. The van der Waals surface area contributed by atoms with Crippen molar-refractivity contribution in [3.05, 3.63) is 48.5 Å². The van der Waals surface area contributed by atoms with Gasteiger partial charge in [-0.05, 0) is 5.56 Å². The first-order valence-electron chi connectivity index (χ1n) is 8.87. The van der Waals surface area contributed by atoms with Crippen LogP contribution in [-0.2, 0) is 11.3 Å². The molecule has 1 fully saturated rings. The minimum absolute atomic E-state index is 0.194. The van der Waals surface area contributed by atoms with Crippen LogP contribution in [0.25, 0.3) is 11.2 Å². The highest BCUT2D eigenvalue weighted by Crippen LogP contribution is 2.31. The summed E-state index contributed by atoms with van der Waals surface area (Å²) in [6, 6.07) is 9.21. The Bertz CT molecular complexity index is 966. The maximum atomic E-state index is 10.4.